The average Bonchev–Trinajstić information content (AvgIpc) is 2.55. The highest BCUT2D eigenvalue weighted by Gasteiger charge is 2.23. The fourth-order valence-corrected chi connectivity index (χ4v) is 2.27. The largest absolute Gasteiger partial charge is 0.480 e. The summed E-state index contributed by atoms with van der Waals surface area (Å²) in [4.78, 5) is 11.9. The Labute approximate surface area is 113 Å². The van der Waals surface area contributed by atoms with Crippen LogP contribution in [0, 0.1) is 6.92 Å². The van der Waals surface area contributed by atoms with Crippen LogP contribution in [0.1, 0.15) is 43.4 Å². The molecular weight excluding hydrogens is 242 g/mol. The van der Waals surface area contributed by atoms with Crippen molar-refractivity contribution in [1.29, 1.82) is 0 Å². The molecule has 0 bridgehead atoms. The lowest BCUT2D eigenvalue weighted by Crippen LogP contribution is -2.36. The zero-order valence-electron chi connectivity index (χ0n) is 11.5. The molecule has 104 valence electrons. The normalized spacial score (nSPS) is 21.4. The number of carbonyl (C=O) groups is 1. The number of benzene rings is 1. The molecule has 4 nitrogen and oxygen atoms in total. The molecule has 1 aromatic carbocycles. The Bertz CT molecular complexity index is 457. The van der Waals surface area contributed by atoms with Crippen molar-refractivity contribution >= 4 is 5.91 Å². The lowest BCUT2D eigenvalue weighted by Gasteiger charge is -2.20. The van der Waals surface area contributed by atoms with E-state index in [9.17, 15) is 9.90 Å². The minimum absolute atomic E-state index is 0.0597. The molecule has 2 rings (SSSR count). The van der Waals surface area contributed by atoms with Gasteiger partial charge in [0.2, 0.25) is 0 Å². The highest BCUT2D eigenvalue weighted by molar-refractivity contribution is 5.81. The molecule has 4 heteroatoms. The van der Waals surface area contributed by atoms with E-state index in [1.165, 1.54) is 0 Å². The van der Waals surface area contributed by atoms with Crippen LogP contribution in [-0.4, -0.2) is 23.7 Å². The number of carbonyl (C=O) groups excluding carboxylic acids is 1. The maximum absolute atomic E-state index is 11.9. The summed E-state index contributed by atoms with van der Waals surface area (Å²) in [6, 6.07) is 5.66. The zero-order valence-corrected chi connectivity index (χ0v) is 11.5. The van der Waals surface area contributed by atoms with E-state index in [0.717, 1.165) is 36.9 Å². The van der Waals surface area contributed by atoms with Crippen LogP contribution in [0.25, 0.3) is 0 Å². The Morgan fingerprint density at radius 1 is 1.42 bits per heavy atom. The van der Waals surface area contributed by atoms with Gasteiger partial charge in [-0.15, -0.1) is 0 Å². The quantitative estimate of drug-likeness (QED) is 0.878. The van der Waals surface area contributed by atoms with Gasteiger partial charge in [-0.3, -0.25) is 4.79 Å². The molecule has 1 fully saturated rings. The number of hydrogen-bond donors (Lipinski definition) is 2. The van der Waals surface area contributed by atoms with Gasteiger partial charge < -0.3 is 15.2 Å². The SMILES string of the molecule is Cc1ccc(C(C)O)c(OC2CCCCNC2=O)c1. The van der Waals surface area contributed by atoms with Gasteiger partial charge in [-0.05, 0) is 44.7 Å². The lowest BCUT2D eigenvalue weighted by molar-refractivity contribution is -0.127. The van der Waals surface area contributed by atoms with Gasteiger partial charge in [-0.25, -0.2) is 0 Å². The van der Waals surface area contributed by atoms with Crippen molar-refractivity contribution in [1.82, 2.24) is 5.32 Å². The van der Waals surface area contributed by atoms with Gasteiger partial charge in [0.1, 0.15) is 5.75 Å². The monoisotopic (exact) mass is 263 g/mol. The van der Waals surface area contributed by atoms with E-state index in [1.807, 2.05) is 25.1 Å². The second kappa shape index (κ2) is 6.06. The Morgan fingerprint density at radius 3 is 2.95 bits per heavy atom. The van der Waals surface area contributed by atoms with Crippen molar-refractivity contribution in [3.63, 3.8) is 0 Å². The van der Waals surface area contributed by atoms with E-state index >= 15 is 0 Å². The third kappa shape index (κ3) is 3.47. The van der Waals surface area contributed by atoms with Crippen molar-refractivity contribution < 1.29 is 14.6 Å². The second-order valence-electron chi connectivity index (χ2n) is 5.11. The molecule has 1 heterocycles. The molecule has 1 saturated heterocycles. The highest BCUT2D eigenvalue weighted by Crippen LogP contribution is 2.28. The number of nitrogens with one attached hydrogen (secondary N) is 1. The molecule has 2 unspecified atom stereocenters. The predicted molar refractivity (Wildman–Crippen MR) is 73.1 cm³/mol. The molecule has 2 atom stereocenters. The van der Waals surface area contributed by atoms with Gasteiger partial charge in [0.15, 0.2) is 6.10 Å². The fraction of sp³-hybridized carbons (Fsp3) is 0.533. The number of aliphatic hydroxyl groups is 1. The van der Waals surface area contributed by atoms with Crippen LogP contribution in [0.5, 0.6) is 5.75 Å². The van der Waals surface area contributed by atoms with E-state index in [0.29, 0.717) is 5.75 Å². The highest BCUT2D eigenvalue weighted by atomic mass is 16.5. The van der Waals surface area contributed by atoms with Crippen LogP contribution in [0.15, 0.2) is 18.2 Å². The molecule has 1 aromatic rings. The second-order valence-corrected chi connectivity index (χ2v) is 5.11. The van der Waals surface area contributed by atoms with Crippen molar-refractivity contribution in [2.24, 2.45) is 0 Å². The van der Waals surface area contributed by atoms with E-state index < -0.39 is 12.2 Å². The molecule has 2 N–H and O–H groups in total. The van der Waals surface area contributed by atoms with Crippen molar-refractivity contribution in [2.45, 2.75) is 45.3 Å². The molecule has 1 amide bonds. The number of hydrogen-bond acceptors (Lipinski definition) is 3. The first-order chi connectivity index (χ1) is 9.08. The van der Waals surface area contributed by atoms with Gasteiger partial charge in [-0.1, -0.05) is 12.1 Å². The lowest BCUT2D eigenvalue weighted by atomic mass is 10.1. The van der Waals surface area contributed by atoms with E-state index in [1.54, 1.807) is 6.92 Å². The molecule has 19 heavy (non-hydrogen) atoms. The summed E-state index contributed by atoms with van der Waals surface area (Å²) in [5.74, 6) is 0.549. The Kier molecular flexibility index (Phi) is 4.43. The molecule has 1 aliphatic rings. The van der Waals surface area contributed by atoms with Gasteiger partial charge in [0.25, 0.3) is 5.91 Å². The molecule has 1 aliphatic heterocycles. The Morgan fingerprint density at radius 2 is 2.21 bits per heavy atom. The molecule has 0 saturated carbocycles. The smallest absolute Gasteiger partial charge is 0.261 e. The third-order valence-corrected chi connectivity index (χ3v) is 3.37. The van der Waals surface area contributed by atoms with Gasteiger partial charge >= 0.3 is 0 Å². The van der Waals surface area contributed by atoms with Gasteiger partial charge in [0, 0.05) is 12.1 Å². The minimum Gasteiger partial charge on any atom is -0.480 e. The van der Waals surface area contributed by atoms with Crippen LogP contribution in [0.2, 0.25) is 0 Å². The van der Waals surface area contributed by atoms with E-state index in [-0.39, 0.29) is 5.91 Å². The number of amides is 1. The van der Waals surface area contributed by atoms with Crippen LogP contribution in [0.3, 0.4) is 0 Å². The molecule has 0 radical (unpaired) electrons. The van der Waals surface area contributed by atoms with Crippen LogP contribution >= 0.6 is 0 Å². The Hall–Kier alpha value is -1.55. The standard InChI is InChI=1S/C15H21NO3/c1-10-6-7-12(11(2)17)14(9-10)19-13-5-3-4-8-16-15(13)18/h6-7,9,11,13,17H,3-5,8H2,1-2H3,(H,16,18). The predicted octanol–water partition coefficient (Wildman–Crippen LogP) is 2.10. The Balaban J connectivity index is 2.21. The first-order valence-corrected chi connectivity index (χ1v) is 6.81. The van der Waals surface area contributed by atoms with Crippen molar-refractivity contribution in [2.75, 3.05) is 6.54 Å². The van der Waals surface area contributed by atoms with Crippen molar-refractivity contribution in [3.05, 3.63) is 29.3 Å². The molecule has 0 aromatic heterocycles. The summed E-state index contributed by atoms with van der Waals surface area (Å²) in [7, 11) is 0. The molecular formula is C15H21NO3. The third-order valence-electron chi connectivity index (χ3n) is 3.37. The maximum Gasteiger partial charge on any atom is 0.261 e. The van der Waals surface area contributed by atoms with Gasteiger partial charge in [-0.2, -0.15) is 0 Å². The fourth-order valence-electron chi connectivity index (χ4n) is 2.27. The number of ether oxygens (including phenoxy) is 1. The first-order valence-electron chi connectivity index (χ1n) is 6.81. The number of rotatable bonds is 3. The van der Waals surface area contributed by atoms with E-state index in [2.05, 4.69) is 5.32 Å². The summed E-state index contributed by atoms with van der Waals surface area (Å²) in [5, 5.41) is 12.6. The summed E-state index contributed by atoms with van der Waals surface area (Å²) >= 11 is 0. The molecule has 0 spiro atoms. The van der Waals surface area contributed by atoms with Gasteiger partial charge in [0.05, 0.1) is 6.10 Å². The maximum atomic E-state index is 11.9. The number of aryl methyl sites for hydroxylation is 1. The summed E-state index contributed by atoms with van der Waals surface area (Å²) < 4.78 is 5.85. The summed E-state index contributed by atoms with van der Waals surface area (Å²) in [6.07, 6.45) is 1.62. The zero-order chi connectivity index (χ0) is 13.8. The van der Waals surface area contributed by atoms with E-state index in [4.69, 9.17) is 4.74 Å². The summed E-state index contributed by atoms with van der Waals surface area (Å²) in [5.41, 5.74) is 1.77. The van der Waals surface area contributed by atoms with Crippen LogP contribution in [0.4, 0.5) is 0 Å². The molecule has 0 aliphatic carbocycles. The number of aliphatic hydroxyl groups excluding tert-OH is 1. The van der Waals surface area contributed by atoms with Crippen LogP contribution in [-0.2, 0) is 4.79 Å². The van der Waals surface area contributed by atoms with Crippen LogP contribution < -0.4 is 10.1 Å². The topological polar surface area (TPSA) is 58.6 Å². The first kappa shape index (κ1) is 13.9. The average molecular weight is 263 g/mol. The summed E-state index contributed by atoms with van der Waals surface area (Å²) in [6.45, 7) is 4.38. The minimum atomic E-state index is -0.607. The van der Waals surface area contributed by atoms with Crippen molar-refractivity contribution in [3.8, 4) is 5.75 Å².